The second kappa shape index (κ2) is 5.59. The summed E-state index contributed by atoms with van der Waals surface area (Å²) in [5.74, 6) is -2.53. The maximum atomic E-state index is 12.3. The highest BCUT2D eigenvalue weighted by Gasteiger charge is 2.34. The summed E-state index contributed by atoms with van der Waals surface area (Å²) in [7, 11) is 0. The molecule has 0 saturated carbocycles. The second-order valence-electron chi connectivity index (χ2n) is 3.79. The van der Waals surface area contributed by atoms with Crippen molar-refractivity contribution < 1.29 is 27.9 Å². The molecule has 0 heterocycles. The lowest BCUT2D eigenvalue weighted by atomic mass is 10.2. The van der Waals surface area contributed by atoms with Crippen molar-refractivity contribution in [2.24, 2.45) is 0 Å². The number of alkyl halides is 3. The number of carbonyl (C=O) groups excluding carboxylic acids is 1. The highest BCUT2D eigenvalue weighted by atomic mass is 19.4. The minimum Gasteiger partial charge on any atom is -0.480 e. The fourth-order valence-electron chi connectivity index (χ4n) is 1.39. The molecule has 1 amide bonds. The smallest absolute Gasteiger partial charge is 0.406 e. The third-order valence-corrected chi connectivity index (χ3v) is 2.14. The molecular weight excluding hydrogens is 265 g/mol. The summed E-state index contributed by atoms with van der Waals surface area (Å²) in [5.41, 5.74) is 5.68. The minimum atomic E-state index is -4.67. The fraction of sp³-hybridized carbons (Fsp3) is 0.273. The van der Waals surface area contributed by atoms with Gasteiger partial charge in [-0.15, -0.1) is 0 Å². The van der Waals surface area contributed by atoms with Crippen molar-refractivity contribution >= 4 is 17.6 Å². The van der Waals surface area contributed by atoms with Crippen LogP contribution in [0.2, 0.25) is 0 Å². The molecule has 0 saturated heterocycles. The fourth-order valence-corrected chi connectivity index (χ4v) is 1.39. The molecule has 0 aliphatic rings. The van der Waals surface area contributed by atoms with Crippen LogP contribution >= 0.6 is 0 Å². The molecule has 1 aromatic rings. The van der Waals surface area contributed by atoms with Gasteiger partial charge in [0.05, 0.1) is 0 Å². The maximum absolute atomic E-state index is 12.3. The molecule has 0 atom stereocenters. The average Bonchev–Trinajstić information content (AvgIpc) is 2.25. The molecule has 104 valence electrons. The van der Waals surface area contributed by atoms with Gasteiger partial charge in [-0.05, 0) is 24.3 Å². The zero-order chi connectivity index (χ0) is 14.6. The molecule has 0 fully saturated rings. The van der Waals surface area contributed by atoms with Crippen LogP contribution in [0.1, 0.15) is 10.4 Å². The van der Waals surface area contributed by atoms with E-state index in [1.54, 1.807) is 0 Å². The van der Waals surface area contributed by atoms with E-state index in [2.05, 4.69) is 0 Å². The molecule has 0 aliphatic heterocycles. The summed E-state index contributed by atoms with van der Waals surface area (Å²) in [6, 6.07) is 5.17. The first-order chi connectivity index (χ1) is 8.69. The van der Waals surface area contributed by atoms with Crippen molar-refractivity contribution in [2.75, 3.05) is 18.8 Å². The molecule has 0 unspecified atom stereocenters. The molecule has 0 bridgehead atoms. The number of hydrogen-bond donors (Lipinski definition) is 2. The van der Waals surface area contributed by atoms with Gasteiger partial charge in [-0.25, -0.2) is 0 Å². The Kier molecular flexibility index (Phi) is 4.36. The Hall–Kier alpha value is -2.25. The number of aliphatic carboxylic acids is 1. The molecule has 1 rings (SSSR count). The lowest BCUT2D eigenvalue weighted by Crippen LogP contribution is -2.42. The normalized spacial score (nSPS) is 11.1. The summed E-state index contributed by atoms with van der Waals surface area (Å²) in [6.07, 6.45) is -4.67. The minimum absolute atomic E-state index is 0.0558. The van der Waals surface area contributed by atoms with Gasteiger partial charge in [0.25, 0.3) is 5.91 Å². The number of carboxylic acid groups (broad SMARTS) is 1. The molecule has 0 spiro atoms. The quantitative estimate of drug-likeness (QED) is 0.813. The molecule has 5 nitrogen and oxygen atoms in total. The van der Waals surface area contributed by atoms with E-state index < -0.39 is 31.1 Å². The molecule has 19 heavy (non-hydrogen) atoms. The lowest BCUT2D eigenvalue weighted by Gasteiger charge is -2.22. The van der Waals surface area contributed by atoms with Gasteiger partial charge in [0.1, 0.15) is 13.1 Å². The summed E-state index contributed by atoms with van der Waals surface area (Å²) in [4.78, 5) is 22.5. The Morgan fingerprint density at radius 3 is 2.16 bits per heavy atom. The largest absolute Gasteiger partial charge is 0.480 e. The number of anilines is 1. The van der Waals surface area contributed by atoms with E-state index in [0.717, 1.165) is 0 Å². The summed E-state index contributed by atoms with van der Waals surface area (Å²) in [6.45, 7) is -2.65. The molecule has 0 radical (unpaired) electrons. The number of benzene rings is 1. The van der Waals surface area contributed by atoms with Crippen LogP contribution in [0, 0.1) is 0 Å². The van der Waals surface area contributed by atoms with Crippen molar-refractivity contribution in [3.8, 4) is 0 Å². The number of nitrogens with zero attached hydrogens (tertiary/aromatic N) is 1. The highest BCUT2D eigenvalue weighted by molar-refractivity contribution is 5.96. The number of hydrogen-bond acceptors (Lipinski definition) is 3. The van der Waals surface area contributed by atoms with Gasteiger partial charge in [0, 0.05) is 11.3 Å². The first kappa shape index (κ1) is 14.8. The van der Waals surface area contributed by atoms with E-state index in [9.17, 15) is 22.8 Å². The van der Waals surface area contributed by atoms with E-state index in [1.165, 1.54) is 24.3 Å². The van der Waals surface area contributed by atoms with Gasteiger partial charge in [-0.2, -0.15) is 13.2 Å². The van der Waals surface area contributed by atoms with Crippen LogP contribution in [-0.2, 0) is 4.79 Å². The van der Waals surface area contributed by atoms with Crippen LogP contribution in [0.15, 0.2) is 24.3 Å². The number of amides is 1. The predicted molar refractivity (Wildman–Crippen MR) is 60.4 cm³/mol. The van der Waals surface area contributed by atoms with Crippen LogP contribution < -0.4 is 5.73 Å². The number of nitrogens with two attached hydrogens (primary N) is 1. The third-order valence-electron chi connectivity index (χ3n) is 2.14. The first-order valence-corrected chi connectivity index (χ1v) is 5.12. The number of carbonyl (C=O) groups is 2. The first-order valence-electron chi connectivity index (χ1n) is 5.12. The Morgan fingerprint density at radius 1 is 1.21 bits per heavy atom. The number of halogens is 3. The van der Waals surface area contributed by atoms with Crippen LogP contribution in [0.4, 0.5) is 18.9 Å². The standard InChI is InChI=1S/C11H11F3N2O3/c12-11(13,14)6-16(5-9(17)18)10(19)7-1-3-8(15)4-2-7/h1-4H,5-6,15H2,(H,17,18). The summed E-state index contributed by atoms with van der Waals surface area (Å²) < 4.78 is 36.9. The highest BCUT2D eigenvalue weighted by Crippen LogP contribution is 2.18. The van der Waals surface area contributed by atoms with E-state index in [1.807, 2.05) is 0 Å². The van der Waals surface area contributed by atoms with E-state index in [-0.39, 0.29) is 10.5 Å². The third kappa shape index (κ3) is 4.86. The Balaban J connectivity index is 2.93. The van der Waals surface area contributed by atoms with Crippen molar-refractivity contribution in [1.29, 1.82) is 0 Å². The van der Waals surface area contributed by atoms with Crippen molar-refractivity contribution in [3.63, 3.8) is 0 Å². The molecule has 0 aromatic heterocycles. The van der Waals surface area contributed by atoms with Gasteiger partial charge in [-0.3, -0.25) is 9.59 Å². The SMILES string of the molecule is Nc1ccc(C(=O)N(CC(=O)O)CC(F)(F)F)cc1. The Bertz CT molecular complexity index is 471. The number of carboxylic acids is 1. The van der Waals surface area contributed by atoms with Gasteiger partial charge in [-0.1, -0.05) is 0 Å². The van der Waals surface area contributed by atoms with Crippen LogP contribution in [0.5, 0.6) is 0 Å². The zero-order valence-corrected chi connectivity index (χ0v) is 9.65. The second-order valence-corrected chi connectivity index (χ2v) is 3.79. The lowest BCUT2D eigenvalue weighted by molar-refractivity contribution is -0.149. The van der Waals surface area contributed by atoms with Gasteiger partial charge in [0.15, 0.2) is 0 Å². The maximum Gasteiger partial charge on any atom is 0.406 e. The van der Waals surface area contributed by atoms with Crippen molar-refractivity contribution in [2.45, 2.75) is 6.18 Å². The average molecular weight is 276 g/mol. The van der Waals surface area contributed by atoms with E-state index >= 15 is 0 Å². The van der Waals surface area contributed by atoms with Crippen molar-refractivity contribution in [1.82, 2.24) is 4.90 Å². The Labute approximate surface area is 106 Å². The topological polar surface area (TPSA) is 83.6 Å². The Morgan fingerprint density at radius 2 is 1.74 bits per heavy atom. The van der Waals surface area contributed by atoms with E-state index in [4.69, 9.17) is 10.8 Å². The number of nitrogen functional groups attached to an aromatic ring is 1. The summed E-state index contributed by atoms with van der Waals surface area (Å²) >= 11 is 0. The molecule has 1 aromatic carbocycles. The molecule has 8 heteroatoms. The monoisotopic (exact) mass is 276 g/mol. The molecule has 0 aliphatic carbocycles. The molecular formula is C11H11F3N2O3. The van der Waals surface area contributed by atoms with Gasteiger partial charge < -0.3 is 15.7 Å². The van der Waals surface area contributed by atoms with Crippen molar-refractivity contribution in [3.05, 3.63) is 29.8 Å². The number of rotatable bonds is 4. The van der Waals surface area contributed by atoms with Crippen LogP contribution in [0.25, 0.3) is 0 Å². The molecule has 3 N–H and O–H groups in total. The van der Waals surface area contributed by atoms with E-state index in [0.29, 0.717) is 5.69 Å². The van der Waals surface area contributed by atoms with Crippen LogP contribution in [0.3, 0.4) is 0 Å². The zero-order valence-electron chi connectivity index (χ0n) is 9.65. The van der Waals surface area contributed by atoms with Crippen LogP contribution in [-0.4, -0.2) is 41.1 Å². The predicted octanol–water partition coefficient (Wildman–Crippen LogP) is 1.36. The summed E-state index contributed by atoms with van der Waals surface area (Å²) in [5, 5.41) is 8.54. The van der Waals surface area contributed by atoms with Gasteiger partial charge in [0.2, 0.25) is 0 Å². The van der Waals surface area contributed by atoms with Gasteiger partial charge >= 0.3 is 12.1 Å².